The minimum Gasteiger partial charge on any atom is -0.462 e. The molecule has 0 aliphatic heterocycles. The summed E-state index contributed by atoms with van der Waals surface area (Å²) in [5, 5.41) is 9.84. The number of aliphatic hydroxyl groups excluding tert-OH is 1. The van der Waals surface area contributed by atoms with Crippen LogP contribution in [-0.4, -0.2) is 66.5 Å². The van der Waals surface area contributed by atoms with Crippen molar-refractivity contribution in [3.63, 3.8) is 0 Å². The highest BCUT2D eigenvalue weighted by molar-refractivity contribution is 7.47. The van der Waals surface area contributed by atoms with Gasteiger partial charge >= 0.3 is 25.7 Å². The maximum absolute atomic E-state index is 12.9. The van der Waals surface area contributed by atoms with E-state index in [0.717, 1.165) is 109 Å². The highest BCUT2D eigenvalue weighted by Crippen LogP contribution is 2.43. The molecule has 0 bridgehead atoms. The maximum Gasteiger partial charge on any atom is 0.472 e. The summed E-state index contributed by atoms with van der Waals surface area (Å²) in [4.78, 5) is 48.7. The second-order valence-electron chi connectivity index (χ2n) is 21.6. The predicted octanol–water partition coefficient (Wildman–Crippen LogP) is 19.5. The molecule has 3 unspecified atom stereocenters. The van der Waals surface area contributed by atoms with Gasteiger partial charge in [0.05, 0.1) is 19.8 Å². The van der Waals surface area contributed by atoms with Crippen molar-refractivity contribution in [2.24, 2.45) is 0 Å². The summed E-state index contributed by atoms with van der Waals surface area (Å²) in [5.41, 5.74) is 0. The first-order valence-electron chi connectivity index (χ1n) is 32.2. The number of carbonyl (C=O) groups excluding carboxylic acids is 3. The topological polar surface area (TPSA) is 155 Å². The Morgan fingerprint density at radius 2 is 0.667 bits per heavy atom. The van der Waals surface area contributed by atoms with Crippen LogP contribution >= 0.6 is 7.82 Å². The number of hydrogen-bond donors (Lipinski definition) is 2. The van der Waals surface area contributed by atoms with Crippen LogP contribution in [0.4, 0.5) is 0 Å². The predicted molar refractivity (Wildman–Crippen MR) is 325 cm³/mol. The van der Waals surface area contributed by atoms with Crippen LogP contribution in [-0.2, 0) is 42.2 Å². The molecule has 0 heterocycles. The van der Waals surface area contributed by atoms with Crippen LogP contribution in [0.15, 0.2) is 60.8 Å². The number of phosphoric ester groups is 1. The van der Waals surface area contributed by atoms with Gasteiger partial charge in [-0.05, 0) is 83.5 Å². The highest BCUT2D eigenvalue weighted by Gasteiger charge is 2.28. The lowest BCUT2D eigenvalue weighted by molar-refractivity contribution is -0.161. The molecule has 0 saturated heterocycles. The van der Waals surface area contributed by atoms with E-state index in [0.29, 0.717) is 19.3 Å². The van der Waals surface area contributed by atoms with Gasteiger partial charge in [-0.15, -0.1) is 0 Å². The number of unbranched alkanes of at least 4 members (excludes halogenated alkanes) is 33. The van der Waals surface area contributed by atoms with Crippen LogP contribution in [0.25, 0.3) is 0 Å². The van der Waals surface area contributed by atoms with Crippen molar-refractivity contribution in [2.45, 2.75) is 315 Å². The molecule has 0 spiro atoms. The fourth-order valence-corrected chi connectivity index (χ4v) is 9.83. The molecule has 0 aromatic heterocycles. The molecule has 0 aromatic carbocycles. The van der Waals surface area contributed by atoms with E-state index >= 15 is 0 Å². The smallest absolute Gasteiger partial charge is 0.462 e. The molecule has 0 amide bonds. The molecule has 454 valence electrons. The third kappa shape index (κ3) is 57.9. The summed E-state index contributed by atoms with van der Waals surface area (Å²) < 4.78 is 39.7. The molecule has 0 fully saturated rings. The summed E-state index contributed by atoms with van der Waals surface area (Å²) in [5.74, 6) is -1.47. The standard InChI is InChI=1S/C66H119O11P/c1-4-7-10-13-16-19-22-25-28-30-31-33-35-37-40-43-46-49-52-55-64(68)73-59-63(77-66(70)57-54-51-48-45-42-39-36-32-29-26-23-20-17-14-11-8-5-2)61-75-78(71,72)74-60-62(58-67)76-65(69)56-53-50-47-44-41-38-34-27-24-21-18-15-12-9-6-3/h9,12,17-18,20-21,26-27,29,34,62-63,67H,4-8,10-11,13-16,19,22-25,28,30-33,35-61H2,1-3H3,(H,71,72)/b12-9-,20-17-,21-18-,29-26-,34-27-. The number of ether oxygens (including phenoxy) is 3. The number of allylic oxidation sites excluding steroid dienone is 10. The van der Waals surface area contributed by atoms with Gasteiger partial charge in [-0.3, -0.25) is 23.4 Å². The van der Waals surface area contributed by atoms with Crippen LogP contribution in [0.1, 0.15) is 303 Å². The summed E-state index contributed by atoms with van der Waals surface area (Å²) in [6.07, 6.45) is 67.4. The number of phosphoric acid groups is 1. The van der Waals surface area contributed by atoms with Gasteiger partial charge in [0.25, 0.3) is 0 Å². The molecule has 2 N–H and O–H groups in total. The molecule has 78 heavy (non-hydrogen) atoms. The van der Waals surface area contributed by atoms with Gasteiger partial charge in [-0.1, -0.05) is 261 Å². The van der Waals surface area contributed by atoms with Gasteiger partial charge in [0.2, 0.25) is 0 Å². The van der Waals surface area contributed by atoms with Gasteiger partial charge in [0.1, 0.15) is 12.7 Å². The van der Waals surface area contributed by atoms with Crippen LogP contribution in [0.3, 0.4) is 0 Å². The Balaban J connectivity index is 4.69. The molecular weight excluding hydrogens is 1000 g/mol. The van der Waals surface area contributed by atoms with E-state index in [-0.39, 0.29) is 25.9 Å². The molecule has 0 aromatic rings. The summed E-state index contributed by atoms with van der Waals surface area (Å²) in [6, 6.07) is 0. The first-order chi connectivity index (χ1) is 38.2. The zero-order chi connectivity index (χ0) is 56.9. The monoisotopic (exact) mass is 1120 g/mol. The van der Waals surface area contributed by atoms with Crippen molar-refractivity contribution in [3.05, 3.63) is 60.8 Å². The molecule has 0 aliphatic carbocycles. The number of hydrogen-bond acceptors (Lipinski definition) is 10. The third-order valence-corrected chi connectivity index (χ3v) is 14.9. The molecule has 11 nitrogen and oxygen atoms in total. The first-order valence-corrected chi connectivity index (χ1v) is 33.7. The first kappa shape index (κ1) is 75.2. The van der Waals surface area contributed by atoms with Gasteiger partial charge < -0.3 is 24.2 Å². The Morgan fingerprint density at radius 1 is 0.372 bits per heavy atom. The summed E-state index contributed by atoms with van der Waals surface area (Å²) in [6.45, 7) is 4.54. The van der Waals surface area contributed by atoms with Gasteiger partial charge in [-0.2, -0.15) is 0 Å². The zero-order valence-electron chi connectivity index (χ0n) is 50.4. The SMILES string of the molecule is CC/C=C\C/C=C\C/C=C\CCCCCCCC(=O)OC(CO)COP(=O)(O)OCC(COC(=O)CCCCCCCCCCCCCCCCCCCCC)OC(=O)CCCCCCCCC/C=C\C/C=C\CCCCC. The Morgan fingerprint density at radius 3 is 1.05 bits per heavy atom. The minimum absolute atomic E-state index is 0.157. The Kier molecular flexibility index (Phi) is 58.1. The quantitative estimate of drug-likeness (QED) is 0.0197. The normalized spacial score (nSPS) is 13.7. The van der Waals surface area contributed by atoms with Crippen molar-refractivity contribution >= 4 is 25.7 Å². The Labute approximate surface area is 478 Å². The lowest BCUT2D eigenvalue weighted by Crippen LogP contribution is -2.30. The Hall–Kier alpha value is -2.82. The molecule has 0 radical (unpaired) electrons. The van der Waals surface area contributed by atoms with E-state index in [1.807, 2.05) is 0 Å². The highest BCUT2D eigenvalue weighted by atomic mass is 31.2. The maximum atomic E-state index is 12.9. The average Bonchev–Trinajstić information content (AvgIpc) is 3.43. The van der Waals surface area contributed by atoms with Crippen molar-refractivity contribution in [1.29, 1.82) is 0 Å². The van der Waals surface area contributed by atoms with E-state index in [2.05, 4.69) is 81.5 Å². The zero-order valence-corrected chi connectivity index (χ0v) is 51.3. The van der Waals surface area contributed by atoms with Crippen LogP contribution in [0.5, 0.6) is 0 Å². The van der Waals surface area contributed by atoms with E-state index < -0.39 is 57.8 Å². The molecule has 12 heteroatoms. The molecule has 0 rings (SSSR count). The minimum atomic E-state index is -4.76. The number of aliphatic hydroxyl groups is 1. The van der Waals surface area contributed by atoms with Crippen molar-refractivity contribution in [1.82, 2.24) is 0 Å². The van der Waals surface area contributed by atoms with Gasteiger partial charge in [-0.25, -0.2) is 4.57 Å². The number of carbonyl (C=O) groups is 3. The second-order valence-corrected chi connectivity index (χ2v) is 23.0. The van der Waals surface area contributed by atoms with Crippen molar-refractivity contribution < 1.29 is 52.2 Å². The fourth-order valence-electron chi connectivity index (χ4n) is 9.05. The van der Waals surface area contributed by atoms with Crippen molar-refractivity contribution in [2.75, 3.05) is 26.4 Å². The second kappa shape index (κ2) is 60.3. The van der Waals surface area contributed by atoms with Gasteiger partial charge in [0, 0.05) is 19.3 Å². The molecule has 3 atom stereocenters. The largest absolute Gasteiger partial charge is 0.472 e. The third-order valence-electron chi connectivity index (χ3n) is 13.9. The van der Waals surface area contributed by atoms with E-state index in [1.165, 1.54) is 135 Å². The van der Waals surface area contributed by atoms with Gasteiger partial charge in [0.15, 0.2) is 6.10 Å². The molecule has 0 aliphatic rings. The van der Waals surface area contributed by atoms with Crippen LogP contribution in [0, 0.1) is 0 Å². The molecule has 0 saturated carbocycles. The Bertz CT molecular complexity index is 1540. The molecular formula is C66H119O11P. The summed E-state index contributed by atoms with van der Waals surface area (Å²) in [7, 11) is -4.76. The number of esters is 3. The number of rotatable bonds is 60. The van der Waals surface area contributed by atoms with Crippen LogP contribution in [0.2, 0.25) is 0 Å². The fraction of sp³-hybridized carbons (Fsp3) is 0.803. The summed E-state index contributed by atoms with van der Waals surface area (Å²) >= 11 is 0. The lowest BCUT2D eigenvalue weighted by atomic mass is 10.0. The van der Waals surface area contributed by atoms with E-state index in [4.69, 9.17) is 23.3 Å². The van der Waals surface area contributed by atoms with Crippen LogP contribution < -0.4 is 0 Å². The van der Waals surface area contributed by atoms with E-state index in [9.17, 15) is 28.9 Å². The average molecular weight is 1120 g/mol. The lowest BCUT2D eigenvalue weighted by Gasteiger charge is -2.21. The van der Waals surface area contributed by atoms with Crippen molar-refractivity contribution in [3.8, 4) is 0 Å². The van der Waals surface area contributed by atoms with E-state index in [1.54, 1.807) is 0 Å².